The Morgan fingerprint density at radius 1 is 0.652 bits per heavy atom. The molecular weight excluding hydrogens is 280 g/mol. The zero-order valence-electron chi connectivity index (χ0n) is 13.2. The van der Waals surface area contributed by atoms with E-state index >= 15 is 0 Å². The number of hydrogen-bond acceptors (Lipinski definition) is 1. The lowest BCUT2D eigenvalue weighted by Gasteiger charge is -2.24. The molecule has 0 N–H and O–H groups in total. The van der Waals surface area contributed by atoms with Crippen LogP contribution in [-0.2, 0) is 0 Å². The van der Waals surface area contributed by atoms with E-state index in [2.05, 4.69) is 19.1 Å². The monoisotopic (exact) mass is 300 g/mol. The van der Waals surface area contributed by atoms with Gasteiger partial charge in [-0.2, -0.15) is 0 Å². The number of carbonyl (C=O) groups excluding carboxylic acids is 1. The second-order valence-electron chi connectivity index (χ2n) is 5.82. The topological polar surface area (TPSA) is 17.1 Å². The third kappa shape index (κ3) is 3.40. The summed E-state index contributed by atoms with van der Waals surface area (Å²) < 4.78 is 0. The van der Waals surface area contributed by atoms with Crippen molar-refractivity contribution in [1.29, 1.82) is 0 Å². The molecule has 0 aromatic heterocycles. The molecule has 0 radical (unpaired) electrons. The lowest BCUT2D eigenvalue weighted by Crippen LogP contribution is -2.19. The largest absolute Gasteiger partial charge is 0.293 e. The van der Waals surface area contributed by atoms with E-state index in [9.17, 15) is 4.79 Å². The lowest BCUT2D eigenvalue weighted by atomic mass is 9.78. The summed E-state index contributed by atoms with van der Waals surface area (Å²) in [6.07, 6.45) is 0. The van der Waals surface area contributed by atoms with Gasteiger partial charge in [-0.1, -0.05) is 97.9 Å². The Morgan fingerprint density at radius 3 is 1.61 bits per heavy atom. The summed E-state index contributed by atoms with van der Waals surface area (Å²) >= 11 is 0. The van der Waals surface area contributed by atoms with E-state index in [1.807, 2.05) is 78.9 Å². The molecule has 0 saturated carbocycles. The highest BCUT2D eigenvalue weighted by Crippen LogP contribution is 2.35. The molecule has 0 saturated heterocycles. The van der Waals surface area contributed by atoms with E-state index in [1.165, 1.54) is 5.56 Å². The number of benzene rings is 3. The van der Waals surface area contributed by atoms with Crippen LogP contribution < -0.4 is 0 Å². The highest BCUT2D eigenvalue weighted by molar-refractivity contribution is 6.01. The van der Waals surface area contributed by atoms with Crippen LogP contribution in [0.3, 0.4) is 0 Å². The molecule has 1 nitrogen and oxygen atoms in total. The van der Waals surface area contributed by atoms with Crippen LogP contribution >= 0.6 is 0 Å². The fraction of sp³-hybridized carbons (Fsp3) is 0.136. The number of Topliss-reactive ketones (excluding diaryl/α,β-unsaturated/α-hetero) is 1. The zero-order chi connectivity index (χ0) is 16.1. The van der Waals surface area contributed by atoms with Gasteiger partial charge in [-0.15, -0.1) is 0 Å². The van der Waals surface area contributed by atoms with E-state index in [4.69, 9.17) is 0 Å². The van der Waals surface area contributed by atoms with Crippen LogP contribution in [0.4, 0.5) is 0 Å². The Labute approximate surface area is 137 Å². The average Bonchev–Trinajstić information content (AvgIpc) is 2.64. The Kier molecular flexibility index (Phi) is 4.68. The summed E-state index contributed by atoms with van der Waals surface area (Å²) in [5, 5.41) is 0. The highest BCUT2D eigenvalue weighted by Gasteiger charge is 2.28. The van der Waals surface area contributed by atoms with Gasteiger partial charge in [0, 0.05) is 5.56 Å². The summed E-state index contributed by atoms with van der Waals surface area (Å²) in [5.41, 5.74) is 3.02. The second kappa shape index (κ2) is 7.06. The maximum atomic E-state index is 13.2. The summed E-state index contributed by atoms with van der Waals surface area (Å²) in [5.74, 6) is 0.112. The summed E-state index contributed by atoms with van der Waals surface area (Å²) in [6.45, 7) is 2.13. The first-order chi connectivity index (χ1) is 11.3. The number of carbonyl (C=O) groups is 1. The Hall–Kier alpha value is -2.67. The first-order valence-corrected chi connectivity index (χ1v) is 7.96. The molecule has 0 aliphatic carbocycles. The molecule has 0 aliphatic rings. The van der Waals surface area contributed by atoms with Crippen molar-refractivity contribution in [2.24, 2.45) is 0 Å². The maximum absolute atomic E-state index is 13.2. The van der Waals surface area contributed by atoms with Crippen molar-refractivity contribution >= 4 is 5.78 Å². The molecule has 3 rings (SSSR count). The molecule has 0 fully saturated rings. The quantitative estimate of drug-likeness (QED) is 0.572. The second-order valence-corrected chi connectivity index (χ2v) is 5.82. The number of rotatable bonds is 5. The molecule has 0 spiro atoms. The van der Waals surface area contributed by atoms with Crippen molar-refractivity contribution in [2.45, 2.75) is 18.8 Å². The summed E-state index contributed by atoms with van der Waals surface area (Å²) in [7, 11) is 0. The van der Waals surface area contributed by atoms with Gasteiger partial charge in [0.2, 0.25) is 0 Å². The smallest absolute Gasteiger partial charge is 0.170 e. The molecule has 0 unspecified atom stereocenters. The molecule has 23 heavy (non-hydrogen) atoms. The van der Waals surface area contributed by atoms with Crippen molar-refractivity contribution in [2.75, 3.05) is 0 Å². The van der Waals surface area contributed by atoms with Crippen LogP contribution in [0.15, 0.2) is 91.0 Å². The summed E-state index contributed by atoms with van der Waals surface area (Å²) in [6, 6.07) is 29.9. The Balaban J connectivity index is 2.03. The minimum Gasteiger partial charge on any atom is -0.293 e. The maximum Gasteiger partial charge on any atom is 0.170 e. The van der Waals surface area contributed by atoms with E-state index in [0.29, 0.717) is 0 Å². The van der Waals surface area contributed by atoms with Crippen molar-refractivity contribution in [3.8, 4) is 0 Å². The minimum absolute atomic E-state index is 0.117. The fourth-order valence-electron chi connectivity index (χ4n) is 3.06. The van der Waals surface area contributed by atoms with Crippen LogP contribution in [0.2, 0.25) is 0 Å². The summed E-state index contributed by atoms with van der Waals surface area (Å²) in [4.78, 5) is 13.2. The van der Waals surface area contributed by atoms with Crippen molar-refractivity contribution in [3.63, 3.8) is 0 Å². The molecule has 0 heterocycles. The van der Waals surface area contributed by atoms with Gasteiger partial charge in [0.15, 0.2) is 5.78 Å². The van der Waals surface area contributed by atoms with Crippen LogP contribution in [-0.4, -0.2) is 5.78 Å². The molecule has 0 bridgehead atoms. The minimum atomic E-state index is -0.180. The molecule has 3 aromatic rings. The van der Waals surface area contributed by atoms with E-state index in [-0.39, 0.29) is 17.6 Å². The van der Waals surface area contributed by atoms with Gasteiger partial charge in [-0.25, -0.2) is 0 Å². The normalized spacial score (nSPS) is 13.3. The van der Waals surface area contributed by atoms with E-state index in [0.717, 1.165) is 11.1 Å². The van der Waals surface area contributed by atoms with Crippen molar-refractivity contribution in [3.05, 3.63) is 108 Å². The van der Waals surface area contributed by atoms with Gasteiger partial charge in [-0.3, -0.25) is 4.79 Å². The average molecular weight is 300 g/mol. The van der Waals surface area contributed by atoms with Crippen molar-refractivity contribution < 1.29 is 4.79 Å². The van der Waals surface area contributed by atoms with Gasteiger partial charge in [0.05, 0.1) is 5.92 Å². The first-order valence-electron chi connectivity index (χ1n) is 7.96. The fourth-order valence-corrected chi connectivity index (χ4v) is 3.06. The van der Waals surface area contributed by atoms with Gasteiger partial charge >= 0.3 is 0 Å². The molecule has 3 aromatic carbocycles. The third-order valence-electron chi connectivity index (χ3n) is 4.32. The standard InChI is InChI=1S/C22H20O/c1-17(18-11-5-2-6-12-18)21(19-13-7-3-8-14-19)22(23)20-15-9-4-10-16-20/h2-17,21H,1H3/t17-,21-/m1/s1. The molecule has 1 heteroatoms. The SMILES string of the molecule is C[C@H](c1ccccc1)[C@@H](C(=O)c1ccccc1)c1ccccc1. The molecular formula is C22H20O. The van der Waals surface area contributed by atoms with E-state index in [1.54, 1.807) is 0 Å². The first kappa shape index (κ1) is 15.2. The highest BCUT2D eigenvalue weighted by atomic mass is 16.1. The third-order valence-corrected chi connectivity index (χ3v) is 4.32. The van der Waals surface area contributed by atoms with Gasteiger partial charge in [-0.05, 0) is 17.0 Å². The predicted octanol–water partition coefficient (Wildman–Crippen LogP) is 5.46. The van der Waals surface area contributed by atoms with E-state index < -0.39 is 0 Å². The predicted molar refractivity (Wildman–Crippen MR) is 94.8 cm³/mol. The Bertz CT molecular complexity index is 748. The number of hydrogen-bond donors (Lipinski definition) is 0. The van der Waals surface area contributed by atoms with Gasteiger partial charge in [0.1, 0.15) is 0 Å². The number of ketones is 1. The zero-order valence-corrected chi connectivity index (χ0v) is 13.2. The molecule has 0 aliphatic heterocycles. The van der Waals surface area contributed by atoms with Crippen LogP contribution in [0.1, 0.15) is 40.2 Å². The van der Waals surface area contributed by atoms with Crippen LogP contribution in [0.5, 0.6) is 0 Å². The Morgan fingerprint density at radius 2 is 1.09 bits per heavy atom. The molecule has 2 atom stereocenters. The van der Waals surface area contributed by atoms with Gasteiger partial charge < -0.3 is 0 Å². The van der Waals surface area contributed by atoms with Crippen LogP contribution in [0, 0.1) is 0 Å². The lowest BCUT2D eigenvalue weighted by molar-refractivity contribution is 0.0949. The van der Waals surface area contributed by atoms with Crippen molar-refractivity contribution in [1.82, 2.24) is 0 Å². The van der Waals surface area contributed by atoms with Crippen LogP contribution in [0.25, 0.3) is 0 Å². The molecule has 114 valence electrons. The molecule has 0 amide bonds. The van der Waals surface area contributed by atoms with Gasteiger partial charge in [0.25, 0.3) is 0 Å².